The lowest BCUT2D eigenvalue weighted by Gasteiger charge is -2.41. The summed E-state index contributed by atoms with van der Waals surface area (Å²) in [6.45, 7) is 2.72. The Balaban J connectivity index is 2.06. The topological polar surface area (TPSA) is 75.0 Å². The van der Waals surface area contributed by atoms with Crippen molar-refractivity contribution in [2.24, 2.45) is 0 Å². The number of rotatable bonds is 3. The van der Waals surface area contributed by atoms with Crippen LogP contribution in [0, 0.1) is 0 Å². The van der Waals surface area contributed by atoms with E-state index in [9.17, 15) is 9.59 Å². The van der Waals surface area contributed by atoms with Crippen molar-refractivity contribution in [3.63, 3.8) is 0 Å². The highest BCUT2D eigenvalue weighted by molar-refractivity contribution is 5.79. The molecule has 18 heavy (non-hydrogen) atoms. The van der Waals surface area contributed by atoms with Crippen LogP contribution in [0.15, 0.2) is 23.0 Å². The van der Waals surface area contributed by atoms with E-state index in [-0.39, 0.29) is 16.9 Å². The molecule has 1 fully saturated rings. The zero-order valence-electron chi connectivity index (χ0n) is 10.1. The van der Waals surface area contributed by atoms with Gasteiger partial charge >= 0.3 is 5.69 Å². The lowest BCUT2D eigenvalue weighted by molar-refractivity contribution is -0.125. The summed E-state index contributed by atoms with van der Waals surface area (Å²) >= 11 is 0. The fourth-order valence-corrected chi connectivity index (χ4v) is 2.56. The van der Waals surface area contributed by atoms with Crippen LogP contribution in [0.5, 0.6) is 0 Å². The number of nitrogens with one attached hydrogen (secondary N) is 2. The number of aromatic amines is 2. The monoisotopic (exact) mass is 246 g/mol. The van der Waals surface area contributed by atoms with Crippen LogP contribution in [-0.2, 0) is 14.9 Å². The van der Waals surface area contributed by atoms with Gasteiger partial charge < -0.3 is 14.7 Å². The third kappa shape index (κ3) is 1.67. The molecule has 0 bridgehead atoms. The molecule has 5 nitrogen and oxygen atoms in total. The molecule has 0 amide bonds. The third-order valence-electron chi connectivity index (χ3n) is 3.47. The van der Waals surface area contributed by atoms with Gasteiger partial charge in [0, 0.05) is 11.8 Å². The summed E-state index contributed by atoms with van der Waals surface area (Å²) in [7, 11) is 0. The molecule has 2 heterocycles. The second-order valence-electron chi connectivity index (χ2n) is 4.99. The molecule has 0 unspecified atom stereocenters. The number of ketones is 1. The van der Waals surface area contributed by atoms with Gasteiger partial charge in [-0.25, -0.2) is 4.79 Å². The van der Waals surface area contributed by atoms with Crippen molar-refractivity contribution in [2.45, 2.75) is 18.8 Å². The van der Waals surface area contributed by atoms with Gasteiger partial charge in [-0.1, -0.05) is 6.07 Å². The normalized spacial score (nSPS) is 17.6. The van der Waals surface area contributed by atoms with Crippen LogP contribution in [0.4, 0.5) is 0 Å². The lowest BCUT2D eigenvalue weighted by atomic mass is 9.75. The molecule has 3 rings (SSSR count). The molecule has 1 aromatic heterocycles. The van der Waals surface area contributed by atoms with E-state index in [2.05, 4.69) is 9.97 Å². The van der Waals surface area contributed by atoms with Gasteiger partial charge in [0.1, 0.15) is 5.78 Å². The minimum atomic E-state index is -0.215. The fourth-order valence-electron chi connectivity index (χ4n) is 2.56. The van der Waals surface area contributed by atoms with Crippen LogP contribution in [0.25, 0.3) is 11.0 Å². The minimum Gasteiger partial charge on any atom is -0.379 e. The van der Waals surface area contributed by atoms with E-state index < -0.39 is 0 Å². The number of H-pyrrole nitrogens is 2. The van der Waals surface area contributed by atoms with Gasteiger partial charge in [0.2, 0.25) is 0 Å². The Morgan fingerprint density at radius 2 is 2.06 bits per heavy atom. The van der Waals surface area contributed by atoms with Gasteiger partial charge in [0.05, 0.1) is 24.2 Å². The van der Waals surface area contributed by atoms with Gasteiger partial charge in [-0.05, 0) is 24.6 Å². The zero-order valence-corrected chi connectivity index (χ0v) is 10.1. The van der Waals surface area contributed by atoms with Crippen LogP contribution in [-0.4, -0.2) is 29.0 Å². The van der Waals surface area contributed by atoms with Gasteiger partial charge in [-0.15, -0.1) is 0 Å². The zero-order chi connectivity index (χ0) is 12.8. The van der Waals surface area contributed by atoms with E-state index >= 15 is 0 Å². The molecule has 1 aromatic carbocycles. The van der Waals surface area contributed by atoms with E-state index in [1.54, 1.807) is 6.92 Å². The van der Waals surface area contributed by atoms with E-state index in [0.29, 0.717) is 19.6 Å². The van der Waals surface area contributed by atoms with Gasteiger partial charge in [0.25, 0.3) is 0 Å². The SMILES string of the molecule is CC(=O)CC1(c2ccc3[nH]c(=O)[nH]c3c2)COC1. The second kappa shape index (κ2) is 3.81. The molecule has 0 saturated carbocycles. The molecule has 1 aliphatic heterocycles. The molecular formula is C13H14N2O3. The Morgan fingerprint density at radius 1 is 1.33 bits per heavy atom. The first-order chi connectivity index (χ1) is 8.59. The molecule has 1 aliphatic rings. The lowest BCUT2D eigenvalue weighted by Crippen LogP contribution is -2.47. The molecule has 0 atom stereocenters. The standard InChI is InChI=1S/C13H14N2O3/c1-8(16)5-13(6-18-7-13)9-2-3-10-11(4-9)15-12(17)14-10/h2-4H,5-7H2,1H3,(H2,14,15,17). The van der Waals surface area contributed by atoms with Gasteiger partial charge in [0.15, 0.2) is 0 Å². The first-order valence-corrected chi connectivity index (χ1v) is 5.89. The van der Waals surface area contributed by atoms with E-state index in [4.69, 9.17) is 4.74 Å². The number of aromatic nitrogens is 2. The summed E-state index contributed by atoms with van der Waals surface area (Å²) in [5.41, 5.74) is 2.17. The number of fused-ring (bicyclic) bond motifs is 1. The number of imidazole rings is 1. The third-order valence-corrected chi connectivity index (χ3v) is 3.47. The first kappa shape index (κ1) is 11.2. The van der Waals surface area contributed by atoms with Crippen LogP contribution >= 0.6 is 0 Å². The summed E-state index contributed by atoms with van der Waals surface area (Å²) in [5.74, 6) is 0.154. The maximum Gasteiger partial charge on any atom is 0.323 e. The number of Topliss-reactive ketones (excluding diaryl/α,β-unsaturated/α-hetero) is 1. The molecule has 0 radical (unpaired) electrons. The molecule has 94 valence electrons. The van der Waals surface area contributed by atoms with E-state index in [1.165, 1.54) is 0 Å². The highest BCUT2D eigenvalue weighted by atomic mass is 16.5. The maximum absolute atomic E-state index is 11.4. The van der Waals surface area contributed by atoms with Crippen molar-refractivity contribution in [2.75, 3.05) is 13.2 Å². The first-order valence-electron chi connectivity index (χ1n) is 5.89. The molecule has 5 heteroatoms. The number of benzene rings is 1. The predicted molar refractivity (Wildman–Crippen MR) is 66.7 cm³/mol. The van der Waals surface area contributed by atoms with E-state index in [0.717, 1.165) is 16.6 Å². The Labute approximate surface area is 103 Å². The number of carbonyl (C=O) groups excluding carboxylic acids is 1. The number of hydrogen-bond acceptors (Lipinski definition) is 3. The van der Waals surface area contributed by atoms with Crippen LogP contribution < -0.4 is 5.69 Å². The quantitative estimate of drug-likeness (QED) is 0.851. The Hall–Kier alpha value is -1.88. The molecular weight excluding hydrogens is 232 g/mol. The molecule has 2 aromatic rings. The van der Waals surface area contributed by atoms with Crippen molar-refractivity contribution in [3.05, 3.63) is 34.2 Å². The van der Waals surface area contributed by atoms with Gasteiger partial charge in [-0.3, -0.25) is 4.79 Å². The highest BCUT2D eigenvalue weighted by Gasteiger charge is 2.41. The predicted octanol–water partition coefficient (Wildman–Crippen LogP) is 1.10. The average molecular weight is 246 g/mol. The minimum absolute atomic E-state index is 0.154. The number of ether oxygens (including phenoxy) is 1. The number of carbonyl (C=O) groups is 1. The summed E-state index contributed by atoms with van der Waals surface area (Å²) < 4.78 is 5.28. The number of hydrogen-bond donors (Lipinski definition) is 2. The summed E-state index contributed by atoms with van der Waals surface area (Å²) in [4.78, 5) is 28.0. The Bertz CT molecular complexity index is 664. The van der Waals surface area contributed by atoms with Crippen molar-refractivity contribution in [1.29, 1.82) is 0 Å². The Morgan fingerprint density at radius 3 is 2.67 bits per heavy atom. The van der Waals surface area contributed by atoms with Crippen molar-refractivity contribution >= 4 is 16.8 Å². The summed E-state index contributed by atoms with van der Waals surface area (Å²) in [5, 5.41) is 0. The van der Waals surface area contributed by atoms with Crippen molar-refractivity contribution in [1.82, 2.24) is 9.97 Å². The molecule has 2 N–H and O–H groups in total. The van der Waals surface area contributed by atoms with Crippen molar-refractivity contribution in [3.8, 4) is 0 Å². The smallest absolute Gasteiger partial charge is 0.323 e. The summed E-state index contributed by atoms with van der Waals surface area (Å²) in [6, 6.07) is 5.75. The average Bonchev–Trinajstić information content (AvgIpc) is 2.62. The largest absolute Gasteiger partial charge is 0.379 e. The molecule has 0 spiro atoms. The van der Waals surface area contributed by atoms with Crippen LogP contribution in [0.3, 0.4) is 0 Å². The van der Waals surface area contributed by atoms with Crippen LogP contribution in [0.1, 0.15) is 18.9 Å². The summed E-state index contributed by atoms with van der Waals surface area (Å²) in [6.07, 6.45) is 0.479. The van der Waals surface area contributed by atoms with Crippen LogP contribution in [0.2, 0.25) is 0 Å². The highest BCUT2D eigenvalue weighted by Crippen LogP contribution is 2.36. The second-order valence-corrected chi connectivity index (χ2v) is 4.99. The van der Waals surface area contributed by atoms with Crippen molar-refractivity contribution < 1.29 is 9.53 Å². The molecule has 1 saturated heterocycles. The fraction of sp³-hybridized carbons (Fsp3) is 0.385. The van der Waals surface area contributed by atoms with Gasteiger partial charge in [-0.2, -0.15) is 0 Å². The maximum atomic E-state index is 11.4. The molecule has 0 aliphatic carbocycles. The Kier molecular flexibility index (Phi) is 2.38. The van der Waals surface area contributed by atoms with E-state index in [1.807, 2.05) is 18.2 Å².